The first kappa shape index (κ1) is 36.9. The predicted molar refractivity (Wildman–Crippen MR) is 224 cm³/mol. The van der Waals surface area contributed by atoms with E-state index < -0.39 is 8.07 Å². The van der Waals surface area contributed by atoms with Gasteiger partial charge >= 0.3 is 0 Å². The number of hydrogen-bond acceptors (Lipinski definition) is 3. The van der Waals surface area contributed by atoms with Crippen LogP contribution in [0, 0.1) is 12.1 Å². The van der Waals surface area contributed by atoms with Gasteiger partial charge in [-0.2, -0.15) is 0 Å². The maximum absolute atomic E-state index is 6.36. The monoisotopic (exact) mass is 896 g/mol. The van der Waals surface area contributed by atoms with E-state index in [0.717, 1.165) is 72.4 Å². The second kappa shape index (κ2) is 15.5. The molecule has 0 atom stereocenters. The molecule has 9 aromatic rings. The van der Waals surface area contributed by atoms with Crippen molar-refractivity contribution in [1.29, 1.82) is 0 Å². The third-order valence-electron chi connectivity index (χ3n) is 9.70. The minimum Gasteiger partial charge on any atom is -0.501 e. The van der Waals surface area contributed by atoms with Gasteiger partial charge in [0.15, 0.2) is 0 Å². The van der Waals surface area contributed by atoms with E-state index >= 15 is 0 Å². The Hall–Kier alpha value is -5.39. The van der Waals surface area contributed by atoms with Crippen molar-refractivity contribution >= 4 is 46.2 Å². The molecule has 0 N–H and O–H groups in total. The Balaban J connectivity index is 0.000000193. The smallest absolute Gasteiger partial charge is 0.120 e. The summed E-state index contributed by atoms with van der Waals surface area (Å²) in [5.74, 6) is 1.35. The molecule has 0 aliphatic heterocycles. The number of pyridine rings is 1. The molecule has 0 bridgehead atoms. The van der Waals surface area contributed by atoms with Crippen LogP contribution in [0.15, 0.2) is 156 Å². The van der Waals surface area contributed by atoms with Crippen LogP contribution >= 0.6 is 0 Å². The third-order valence-corrected chi connectivity index (χ3v) is 11.7. The number of para-hydroxylation sites is 4. The van der Waals surface area contributed by atoms with Crippen molar-refractivity contribution in [2.24, 2.45) is 0 Å². The molecule has 0 fully saturated rings. The third kappa shape index (κ3) is 7.13. The van der Waals surface area contributed by atoms with E-state index in [-0.39, 0.29) is 20.1 Å². The molecule has 6 heteroatoms. The Morgan fingerprint density at radius 1 is 0.704 bits per heavy atom. The zero-order valence-corrected chi connectivity index (χ0v) is 34.5. The molecule has 269 valence electrons. The number of fused-ring (bicyclic) bond motifs is 4. The van der Waals surface area contributed by atoms with Crippen molar-refractivity contribution in [3.8, 4) is 39.5 Å². The number of nitrogens with zero attached hydrogens (tertiary/aromatic N) is 3. The summed E-state index contributed by atoms with van der Waals surface area (Å²) in [7, 11) is -1.34. The summed E-state index contributed by atoms with van der Waals surface area (Å²) in [5.41, 5.74) is 11.4. The molecular weight excluding hydrogens is 855 g/mol. The minimum atomic E-state index is -1.34. The van der Waals surface area contributed by atoms with Gasteiger partial charge in [0.05, 0.1) is 30.5 Å². The fourth-order valence-electron chi connectivity index (χ4n) is 7.10. The molecule has 1 radical (unpaired) electrons. The number of hydrogen-bond donors (Lipinski definition) is 0. The summed E-state index contributed by atoms with van der Waals surface area (Å²) in [6.07, 6.45) is 2.09. The summed E-state index contributed by atoms with van der Waals surface area (Å²) in [6, 6.07) is 56.4. The van der Waals surface area contributed by atoms with Crippen LogP contribution in [0.2, 0.25) is 19.6 Å². The van der Waals surface area contributed by atoms with Crippen LogP contribution in [0.5, 0.6) is 0 Å². The van der Waals surface area contributed by atoms with Gasteiger partial charge in [0.1, 0.15) is 5.58 Å². The van der Waals surface area contributed by atoms with E-state index in [2.05, 4.69) is 152 Å². The summed E-state index contributed by atoms with van der Waals surface area (Å²) in [6.45, 7) is 11.7. The standard InChI is InChI=1S/C31H19N2O.C17H22NSi.Ir/c1-2-11-21(12-3-1)22-13-4-7-18-27(22)33-28-19-8-6-17-26(28)32-31(33)25-16-10-15-24-23-14-5-9-20-29(23)34-30(24)25;1-13(2)15-11-16(14-9-7-6-8-10-14)18-12-17(15)19(3,4)5;/h1-15,17-20H;6-9,11-13H,1-5H3;/q2*-1;. The normalized spacial score (nSPS) is 11.4. The number of furan rings is 1. The van der Waals surface area contributed by atoms with E-state index in [1.807, 2.05) is 54.6 Å². The molecule has 3 heterocycles. The van der Waals surface area contributed by atoms with E-state index in [9.17, 15) is 0 Å². The van der Waals surface area contributed by atoms with Crippen LogP contribution < -0.4 is 5.19 Å². The fraction of sp³-hybridized carbons (Fsp3) is 0.125. The van der Waals surface area contributed by atoms with Gasteiger partial charge in [0.2, 0.25) is 0 Å². The molecule has 0 amide bonds. The van der Waals surface area contributed by atoms with Gasteiger partial charge in [-0.25, -0.2) is 0 Å². The SMILES string of the molecule is CC(C)c1cc(-c2[c-]cccc2)ncc1[Si](C)(C)C.[Ir].[c-]1ccc2c(oc3ccccc32)c1-c1nc2ccccc2n1-c1ccccc1-c1ccccc1. The number of rotatable bonds is 6. The van der Waals surface area contributed by atoms with Crippen molar-refractivity contribution < 1.29 is 24.5 Å². The fourth-order valence-corrected chi connectivity index (χ4v) is 8.78. The first-order chi connectivity index (χ1) is 25.8. The van der Waals surface area contributed by atoms with Gasteiger partial charge in [-0.15, -0.1) is 54.1 Å². The first-order valence-corrected chi connectivity index (χ1v) is 21.7. The molecule has 4 nitrogen and oxygen atoms in total. The minimum absolute atomic E-state index is 0. The Bertz CT molecular complexity index is 2690. The summed E-state index contributed by atoms with van der Waals surface area (Å²) in [4.78, 5) is 9.75. The van der Waals surface area contributed by atoms with Gasteiger partial charge in [-0.05, 0) is 46.6 Å². The molecule has 3 aromatic heterocycles. The maximum atomic E-state index is 6.36. The van der Waals surface area contributed by atoms with Crippen molar-refractivity contribution in [2.45, 2.75) is 39.4 Å². The molecule has 0 aliphatic carbocycles. The van der Waals surface area contributed by atoms with Crippen molar-refractivity contribution in [1.82, 2.24) is 14.5 Å². The van der Waals surface area contributed by atoms with Crippen molar-refractivity contribution in [3.05, 3.63) is 169 Å². The van der Waals surface area contributed by atoms with Crippen LogP contribution in [0.4, 0.5) is 0 Å². The Morgan fingerprint density at radius 3 is 2.20 bits per heavy atom. The first-order valence-electron chi connectivity index (χ1n) is 18.2. The Kier molecular flexibility index (Phi) is 10.6. The molecular formula is C48H41IrN3OSi-2. The molecule has 9 rings (SSSR count). The summed E-state index contributed by atoms with van der Waals surface area (Å²) >= 11 is 0. The van der Waals surface area contributed by atoms with Gasteiger partial charge < -0.3 is 14.0 Å². The number of imidazole rings is 1. The summed E-state index contributed by atoms with van der Waals surface area (Å²) in [5, 5.41) is 3.64. The van der Waals surface area contributed by atoms with E-state index in [4.69, 9.17) is 9.40 Å². The zero-order chi connectivity index (χ0) is 36.5. The molecule has 6 aromatic carbocycles. The Morgan fingerprint density at radius 2 is 1.43 bits per heavy atom. The molecule has 0 unspecified atom stereocenters. The van der Waals surface area contributed by atoms with Crippen LogP contribution in [0.1, 0.15) is 25.3 Å². The van der Waals surface area contributed by atoms with Gasteiger partial charge in [0, 0.05) is 42.9 Å². The van der Waals surface area contributed by atoms with Crippen LogP contribution in [0.25, 0.3) is 72.4 Å². The molecule has 0 saturated heterocycles. The van der Waals surface area contributed by atoms with Crippen LogP contribution in [-0.2, 0) is 20.1 Å². The van der Waals surface area contributed by atoms with Gasteiger partial charge in [0.25, 0.3) is 0 Å². The van der Waals surface area contributed by atoms with Crippen LogP contribution in [0.3, 0.4) is 0 Å². The van der Waals surface area contributed by atoms with Crippen LogP contribution in [-0.4, -0.2) is 22.6 Å². The predicted octanol–water partition coefficient (Wildman–Crippen LogP) is 12.3. The average Bonchev–Trinajstić information content (AvgIpc) is 3.77. The number of aromatic nitrogens is 3. The summed E-state index contributed by atoms with van der Waals surface area (Å²) < 4.78 is 8.59. The largest absolute Gasteiger partial charge is 0.501 e. The molecule has 0 aliphatic rings. The maximum Gasteiger partial charge on any atom is 0.120 e. The van der Waals surface area contributed by atoms with E-state index in [0.29, 0.717) is 5.92 Å². The van der Waals surface area contributed by atoms with Crippen molar-refractivity contribution in [2.75, 3.05) is 0 Å². The quantitative estimate of drug-likeness (QED) is 0.123. The van der Waals surface area contributed by atoms with Gasteiger partial charge in [-0.3, -0.25) is 4.98 Å². The number of benzene rings is 6. The van der Waals surface area contributed by atoms with Crippen molar-refractivity contribution in [3.63, 3.8) is 0 Å². The zero-order valence-electron chi connectivity index (χ0n) is 31.1. The van der Waals surface area contributed by atoms with E-state index in [1.165, 1.54) is 10.8 Å². The second-order valence-corrected chi connectivity index (χ2v) is 19.7. The molecule has 54 heavy (non-hydrogen) atoms. The van der Waals surface area contributed by atoms with Gasteiger partial charge in [-0.1, -0.05) is 135 Å². The van der Waals surface area contributed by atoms with E-state index in [1.54, 1.807) is 0 Å². The average molecular weight is 896 g/mol. The second-order valence-electron chi connectivity index (χ2n) is 14.7. The topological polar surface area (TPSA) is 43.9 Å². The molecule has 0 spiro atoms. The molecule has 0 saturated carbocycles. The Labute approximate surface area is 331 Å².